The highest BCUT2D eigenvalue weighted by atomic mass is 16.5. The normalized spacial score (nSPS) is 20.4. The highest BCUT2D eigenvalue weighted by Crippen LogP contribution is 2.22. The Morgan fingerprint density at radius 1 is 1.04 bits per heavy atom. The topological polar surface area (TPSA) is 49.9 Å². The van der Waals surface area contributed by atoms with E-state index in [1.165, 1.54) is 5.56 Å². The number of carbonyl (C=O) groups excluding carboxylic acids is 2. The molecule has 2 aliphatic heterocycles. The summed E-state index contributed by atoms with van der Waals surface area (Å²) in [6, 6.07) is 10.1. The zero-order valence-corrected chi connectivity index (χ0v) is 15.0. The van der Waals surface area contributed by atoms with Crippen molar-refractivity contribution in [2.75, 3.05) is 39.4 Å². The first-order valence-corrected chi connectivity index (χ1v) is 9.34. The van der Waals surface area contributed by atoms with E-state index in [4.69, 9.17) is 4.74 Å². The summed E-state index contributed by atoms with van der Waals surface area (Å²) < 4.78 is 5.31. The molecule has 2 amide bonds. The lowest BCUT2D eigenvalue weighted by molar-refractivity contribution is -0.144. The molecule has 0 aliphatic carbocycles. The van der Waals surface area contributed by atoms with Gasteiger partial charge in [-0.3, -0.25) is 9.59 Å². The number of amides is 2. The minimum absolute atomic E-state index is 0.0195. The van der Waals surface area contributed by atoms with Crippen LogP contribution in [-0.2, 0) is 20.7 Å². The highest BCUT2D eigenvalue weighted by Gasteiger charge is 2.32. The predicted octanol–water partition coefficient (Wildman–Crippen LogP) is 1.96. The number of piperidine rings is 1. The van der Waals surface area contributed by atoms with Crippen LogP contribution in [0.5, 0.6) is 0 Å². The standard InChI is InChI=1S/C20H28N2O3/c1-16(15-17-5-3-2-4-6-17)19(23)21-9-7-18(8-10-21)20(24)22-11-13-25-14-12-22/h2-6,16,18H,7-15H2,1H3. The van der Waals surface area contributed by atoms with Gasteiger partial charge in [0.05, 0.1) is 13.2 Å². The Labute approximate surface area is 149 Å². The van der Waals surface area contributed by atoms with Crippen molar-refractivity contribution in [2.24, 2.45) is 11.8 Å². The van der Waals surface area contributed by atoms with Gasteiger partial charge in [-0.25, -0.2) is 0 Å². The first-order chi connectivity index (χ1) is 12.1. The molecule has 2 heterocycles. The van der Waals surface area contributed by atoms with Gasteiger partial charge in [-0.05, 0) is 24.8 Å². The molecule has 0 saturated carbocycles. The third kappa shape index (κ3) is 4.60. The van der Waals surface area contributed by atoms with Crippen molar-refractivity contribution >= 4 is 11.8 Å². The molecule has 0 N–H and O–H groups in total. The molecule has 5 heteroatoms. The van der Waals surface area contributed by atoms with Crippen LogP contribution < -0.4 is 0 Å². The highest BCUT2D eigenvalue weighted by molar-refractivity contribution is 5.81. The monoisotopic (exact) mass is 344 g/mol. The van der Waals surface area contributed by atoms with Crippen LogP contribution in [0.15, 0.2) is 30.3 Å². The Bertz CT molecular complexity index is 576. The molecular weight excluding hydrogens is 316 g/mol. The van der Waals surface area contributed by atoms with E-state index in [-0.39, 0.29) is 23.7 Å². The summed E-state index contributed by atoms with van der Waals surface area (Å²) in [5.74, 6) is 0.495. The van der Waals surface area contributed by atoms with E-state index in [2.05, 4.69) is 12.1 Å². The van der Waals surface area contributed by atoms with Gasteiger partial charge < -0.3 is 14.5 Å². The zero-order valence-electron chi connectivity index (χ0n) is 15.0. The third-order valence-electron chi connectivity index (χ3n) is 5.28. The van der Waals surface area contributed by atoms with Crippen molar-refractivity contribution < 1.29 is 14.3 Å². The number of hydrogen-bond acceptors (Lipinski definition) is 3. The lowest BCUT2D eigenvalue weighted by Crippen LogP contribution is -2.48. The molecule has 2 saturated heterocycles. The number of rotatable bonds is 4. The van der Waals surface area contributed by atoms with Crippen molar-refractivity contribution in [3.05, 3.63) is 35.9 Å². The Balaban J connectivity index is 1.47. The van der Waals surface area contributed by atoms with Crippen LogP contribution >= 0.6 is 0 Å². The smallest absolute Gasteiger partial charge is 0.225 e. The van der Waals surface area contributed by atoms with Crippen LogP contribution in [0.25, 0.3) is 0 Å². The minimum Gasteiger partial charge on any atom is -0.378 e. The predicted molar refractivity (Wildman–Crippen MR) is 96.0 cm³/mol. The van der Waals surface area contributed by atoms with Gasteiger partial charge in [-0.2, -0.15) is 0 Å². The molecule has 0 bridgehead atoms. The Morgan fingerprint density at radius 2 is 1.68 bits per heavy atom. The quantitative estimate of drug-likeness (QED) is 0.839. The maximum Gasteiger partial charge on any atom is 0.225 e. The molecular formula is C20H28N2O3. The molecule has 0 spiro atoms. The van der Waals surface area contributed by atoms with Gasteiger partial charge >= 0.3 is 0 Å². The van der Waals surface area contributed by atoms with Crippen LogP contribution in [0.4, 0.5) is 0 Å². The van der Waals surface area contributed by atoms with Gasteiger partial charge in [0.2, 0.25) is 11.8 Å². The minimum atomic E-state index is -0.0195. The Hall–Kier alpha value is -1.88. The lowest BCUT2D eigenvalue weighted by Gasteiger charge is -2.36. The lowest BCUT2D eigenvalue weighted by atomic mass is 9.93. The Morgan fingerprint density at radius 3 is 2.32 bits per heavy atom. The van der Waals surface area contributed by atoms with Crippen molar-refractivity contribution in [1.82, 2.24) is 9.80 Å². The van der Waals surface area contributed by atoms with E-state index in [1.54, 1.807) is 0 Å². The van der Waals surface area contributed by atoms with Crippen molar-refractivity contribution in [3.8, 4) is 0 Å². The average Bonchev–Trinajstić information content (AvgIpc) is 2.68. The van der Waals surface area contributed by atoms with E-state index in [0.29, 0.717) is 39.4 Å². The SMILES string of the molecule is CC(Cc1ccccc1)C(=O)N1CCC(C(=O)N2CCOCC2)CC1. The summed E-state index contributed by atoms with van der Waals surface area (Å²) in [6.07, 6.45) is 2.33. The second-order valence-electron chi connectivity index (χ2n) is 7.13. The van der Waals surface area contributed by atoms with Gasteiger partial charge in [0.15, 0.2) is 0 Å². The molecule has 136 valence electrons. The molecule has 0 aromatic heterocycles. The molecule has 1 aromatic carbocycles. The van der Waals surface area contributed by atoms with Gasteiger partial charge in [0.25, 0.3) is 0 Å². The number of carbonyl (C=O) groups is 2. The molecule has 5 nitrogen and oxygen atoms in total. The van der Waals surface area contributed by atoms with Crippen LogP contribution in [-0.4, -0.2) is 61.0 Å². The van der Waals surface area contributed by atoms with Crippen molar-refractivity contribution in [1.29, 1.82) is 0 Å². The summed E-state index contributed by atoms with van der Waals surface area (Å²) >= 11 is 0. The molecule has 25 heavy (non-hydrogen) atoms. The molecule has 3 rings (SSSR count). The number of hydrogen-bond donors (Lipinski definition) is 0. The first kappa shape index (κ1) is 17.9. The van der Waals surface area contributed by atoms with Crippen LogP contribution in [0.3, 0.4) is 0 Å². The molecule has 1 aromatic rings. The van der Waals surface area contributed by atoms with E-state index in [0.717, 1.165) is 19.3 Å². The van der Waals surface area contributed by atoms with Crippen LogP contribution in [0, 0.1) is 11.8 Å². The molecule has 1 unspecified atom stereocenters. The molecule has 1 atom stereocenters. The number of nitrogens with zero attached hydrogens (tertiary/aromatic N) is 2. The third-order valence-corrected chi connectivity index (χ3v) is 5.28. The summed E-state index contributed by atoms with van der Waals surface area (Å²) in [7, 11) is 0. The van der Waals surface area contributed by atoms with Gasteiger partial charge in [-0.1, -0.05) is 37.3 Å². The number of benzene rings is 1. The van der Waals surface area contributed by atoms with Crippen LogP contribution in [0.2, 0.25) is 0 Å². The average molecular weight is 344 g/mol. The van der Waals surface area contributed by atoms with Crippen molar-refractivity contribution in [3.63, 3.8) is 0 Å². The van der Waals surface area contributed by atoms with Gasteiger partial charge in [0, 0.05) is 38.0 Å². The summed E-state index contributed by atoms with van der Waals surface area (Å²) in [6.45, 7) is 6.07. The largest absolute Gasteiger partial charge is 0.378 e. The van der Waals surface area contributed by atoms with E-state index in [9.17, 15) is 9.59 Å². The maximum atomic E-state index is 12.7. The summed E-state index contributed by atoms with van der Waals surface area (Å²) in [4.78, 5) is 29.1. The van der Waals surface area contributed by atoms with E-state index in [1.807, 2.05) is 34.9 Å². The van der Waals surface area contributed by atoms with Crippen molar-refractivity contribution in [2.45, 2.75) is 26.2 Å². The van der Waals surface area contributed by atoms with E-state index >= 15 is 0 Å². The number of ether oxygens (including phenoxy) is 1. The molecule has 2 aliphatic rings. The first-order valence-electron chi connectivity index (χ1n) is 9.34. The Kier molecular flexibility index (Phi) is 6.08. The summed E-state index contributed by atoms with van der Waals surface area (Å²) in [5, 5.41) is 0. The molecule has 2 fully saturated rings. The second-order valence-corrected chi connectivity index (χ2v) is 7.13. The fourth-order valence-corrected chi connectivity index (χ4v) is 3.76. The second kappa shape index (κ2) is 8.48. The van der Waals surface area contributed by atoms with Gasteiger partial charge in [0.1, 0.15) is 0 Å². The number of likely N-dealkylation sites (tertiary alicyclic amines) is 1. The van der Waals surface area contributed by atoms with Gasteiger partial charge in [-0.15, -0.1) is 0 Å². The molecule has 0 radical (unpaired) electrons. The summed E-state index contributed by atoms with van der Waals surface area (Å²) in [5.41, 5.74) is 1.20. The maximum absolute atomic E-state index is 12.7. The van der Waals surface area contributed by atoms with Crippen LogP contribution in [0.1, 0.15) is 25.3 Å². The fourth-order valence-electron chi connectivity index (χ4n) is 3.76. The zero-order chi connectivity index (χ0) is 17.6. The fraction of sp³-hybridized carbons (Fsp3) is 0.600. The van der Waals surface area contributed by atoms with E-state index < -0.39 is 0 Å². The number of morpholine rings is 1.